The number of nitrogens with zero attached hydrogens (tertiary/aromatic N) is 2. The molecule has 0 radical (unpaired) electrons. The Morgan fingerprint density at radius 2 is 2.20 bits per heavy atom. The lowest BCUT2D eigenvalue weighted by Crippen LogP contribution is -2.41. The van der Waals surface area contributed by atoms with Gasteiger partial charge >= 0.3 is 0 Å². The van der Waals surface area contributed by atoms with Crippen LogP contribution in [-0.2, 0) is 6.54 Å². The third-order valence-corrected chi connectivity index (χ3v) is 4.38. The van der Waals surface area contributed by atoms with E-state index in [0.29, 0.717) is 13.1 Å². The molecule has 0 aliphatic rings. The SMILES string of the molecule is CC(C)C(C)(O)CNCc1csc(-c2ccccn2)n1. The Labute approximate surface area is 123 Å². The zero-order valence-corrected chi connectivity index (χ0v) is 12.9. The van der Waals surface area contributed by atoms with Crippen molar-refractivity contribution in [3.8, 4) is 10.7 Å². The summed E-state index contributed by atoms with van der Waals surface area (Å²) in [5.41, 5.74) is 1.19. The van der Waals surface area contributed by atoms with Crippen molar-refractivity contribution in [2.24, 2.45) is 5.92 Å². The van der Waals surface area contributed by atoms with Gasteiger partial charge in [-0.05, 0) is 25.0 Å². The summed E-state index contributed by atoms with van der Waals surface area (Å²) >= 11 is 1.59. The minimum atomic E-state index is -0.695. The van der Waals surface area contributed by atoms with Crippen LogP contribution in [0.4, 0.5) is 0 Å². The van der Waals surface area contributed by atoms with Gasteiger partial charge in [-0.1, -0.05) is 19.9 Å². The van der Waals surface area contributed by atoms with Gasteiger partial charge in [0, 0.05) is 24.7 Å². The van der Waals surface area contributed by atoms with Gasteiger partial charge in [-0.2, -0.15) is 0 Å². The fourth-order valence-corrected chi connectivity index (χ4v) is 2.44. The maximum atomic E-state index is 10.2. The first-order chi connectivity index (χ1) is 9.49. The van der Waals surface area contributed by atoms with E-state index in [-0.39, 0.29) is 5.92 Å². The molecule has 1 unspecified atom stereocenters. The third kappa shape index (κ3) is 3.85. The molecule has 0 amide bonds. The van der Waals surface area contributed by atoms with Gasteiger partial charge in [-0.15, -0.1) is 11.3 Å². The molecule has 0 saturated heterocycles. The minimum absolute atomic E-state index is 0.217. The third-order valence-electron chi connectivity index (χ3n) is 3.47. The maximum Gasteiger partial charge on any atom is 0.142 e. The molecule has 0 fully saturated rings. The van der Waals surface area contributed by atoms with E-state index in [2.05, 4.69) is 15.3 Å². The predicted molar refractivity (Wildman–Crippen MR) is 82.5 cm³/mol. The number of thiazole rings is 1. The van der Waals surface area contributed by atoms with Crippen LogP contribution in [0, 0.1) is 5.92 Å². The van der Waals surface area contributed by atoms with Crippen LogP contribution in [0.1, 0.15) is 26.5 Å². The molecule has 1 atom stereocenters. The molecule has 0 bridgehead atoms. The fourth-order valence-electron chi connectivity index (χ4n) is 1.64. The first-order valence-corrected chi connectivity index (χ1v) is 7.66. The van der Waals surface area contributed by atoms with Crippen molar-refractivity contribution >= 4 is 11.3 Å². The quantitative estimate of drug-likeness (QED) is 0.859. The molecule has 2 aromatic heterocycles. The normalized spacial score (nSPS) is 14.4. The van der Waals surface area contributed by atoms with Gasteiger partial charge in [0.2, 0.25) is 0 Å². The van der Waals surface area contributed by atoms with Crippen LogP contribution in [0.25, 0.3) is 10.7 Å². The van der Waals surface area contributed by atoms with Crippen molar-refractivity contribution in [3.63, 3.8) is 0 Å². The Morgan fingerprint density at radius 1 is 1.40 bits per heavy atom. The second-order valence-electron chi connectivity index (χ2n) is 5.47. The van der Waals surface area contributed by atoms with E-state index in [1.807, 2.05) is 44.4 Å². The number of aliphatic hydroxyl groups is 1. The maximum absolute atomic E-state index is 10.2. The average Bonchev–Trinajstić information content (AvgIpc) is 2.88. The van der Waals surface area contributed by atoms with Crippen LogP contribution in [-0.4, -0.2) is 27.2 Å². The zero-order valence-electron chi connectivity index (χ0n) is 12.1. The van der Waals surface area contributed by atoms with Crippen LogP contribution in [0.3, 0.4) is 0 Å². The molecule has 0 saturated carbocycles. The molecule has 0 aliphatic carbocycles. The van der Waals surface area contributed by atoms with Crippen molar-refractivity contribution in [1.82, 2.24) is 15.3 Å². The molecule has 2 N–H and O–H groups in total. The lowest BCUT2D eigenvalue weighted by molar-refractivity contribution is 0.0139. The zero-order chi connectivity index (χ0) is 14.6. The minimum Gasteiger partial charge on any atom is -0.389 e. The lowest BCUT2D eigenvalue weighted by Gasteiger charge is -2.27. The molecule has 2 heterocycles. The highest BCUT2D eigenvalue weighted by molar-refractivity contribution is 7.13. The van der Waals surface area contributed by atoms with Gasteiger partial charge in [-0.25, -0.2) is 4.98 Å². The molecule has 5 heteroatoms. The number of aromatic nitrogens is 2. The summed E-state index contributed by atoms with van der Waals surface area (Å²) in [6.07, 6.45) is 1.77. The van der Waals surface area contributed by atoms with Crippen LogP contribution in [0.5, 0.6) is 0 Å². The monoisotopic (exact) mass is 291 g/mol. The van der Waals surface area contributed by atoms with Gasteiger partial charge in [0.15, 0.2) is 0 Å². The van der Waals surface area contributed by atoms with E-state index >= 15 is 0 Å². The Hall–Kier alpha value is -1.30. The number of nitrogens with one attached hydrogen (secondary N) is 1. The van der Waals surface area contributed by atoms with Gasteiger partial charge in [0.1, 0.15) is 5.01 Å². The van der Waals surface area contributed by atoms with E-state index in [1.165, 1.54) is 0 Å². The van der Waals surface area contributed by atoms with E-state index in [1.54, 1.807) is 17.5 Å². The van der Waals surface area contributed by atoms with E-state index in [0.717, 1.165) is 16.4 Å². The highest BCUT2D eigenvalue weighted by atomic mass is 32.1. The van der Waals surface area contributed by atoms with Gasteiger partial charge in [0.25, 0.3) is 0 Å². The van der Waals surface area contributed by atoms with E-state index < -0.39 is 5.60 Å². The molecular formula is C15H21N3OS. The van der Waals surface area contributed by atoms with Crippen molar-refractivity contribution in [2.45, 2.75) is 32.9 Å². The highest BCUT2D eigenvalue weighted by Crippen LogP contribution is 2.21. The number of hydrogen-bond acceptors (Lipinski definition) is 5. The summed E-state index contributed by atoms with van der Waals surface area (Å²) in [7, 11) is 0. The molecule has 0 aromatic carbocycles. The standard InChI is InChI=1S/C15H21N3OS/c1-11(2)15(3,19)10-16-8-12-9-20-14(18-12)13-6-4-5-7-17-13/h4-7,9,11,16,19H,8,10H2,1-3H3. The Balaban J connectivity index is 1.91. The predicted octanol–water partition coefficient (Wildman–Crippen LogP) is 2.70. The second-order valence-corrected chi connectivity index (χ2v) is 6.33. The van der Waals surface area contributed by atoms with Crippen molar-refractivity contribution in [3.05, 3.63) is 35.5 Å². The molecular weight excluding hydrogens is 270 g/mol. The van der Waals surface area contributed by atoms with E-state index in [4.69, 9.17) is 0 Å². The first kappa shape index (κ1) is 15.1. The summed E-state index contributed by atoms with van der Waals surface area (Å²) in [5.74, 6) is 0.217. The van der Waals surface area contributed by atoms with Crippen molar-refractivity contribution in [1.29, 1.82) is 0 Å². The molecule has 108 valence electrons. The van der Waals surface area contributed by atoms with Gasteiger partial charge in [0.05, 0.1) is 17.0 Å². The Morgan fingerprint density at radius 3 is 2.85 bits per heavy atom. The Kier molecular flexibility index (Phi) is 4.86. The first-order valence-electron chi connectivity index (χ1n) is 6.78. The van der Waals surface area contributed by atoms with E-state index in [9.17, 15) is 5.11 Å². The lowest BCUT2D eigenvalue weighted by atomic mass is 9.92. The van der Waals surface area contributed by atoms with Gasteiger partial charge in [-0.3, -0.25) is 4.98 Å². The van der Waals surface area contributed by atoms with Crippen molar-refractivity contribution in [2.75, 3.05) is 6.54 Å². The van der Waals surface area contributed by atoms with Crippen LogP contribution in [0.2, 0.25) is 0 Å². The van der Waals surface area contributed by atoms with Crippen LogP contribution in [0.15, 0.2) is 29.8 Å². The molecule has 20 heavy (non-hydrogen) atoms. The summed E-state index contributed by atoms with van der Waals surface area (Å²) in [6.45, 7) is 7.10. The average molecular weight is 291 g/mol. The smallest absolute Gasteiger partial charge is 0.142 e. The number of pyridine rings is 1. The summed E-state index contributed by atoms with van der Waals surface area (Å²) < 4.78 is 0. The second kappa shape index (κ2) is 6.43. The summed E-state index contributed by atoms with van der Waals surface area (Å²) in [4.78, 5) is 8.85. The molecule has 4 nitrogen and oxygen atoms in total. The molecule has 2 rings (SSSR count). The molecule has 0 aliphatic heterocycles. The van der Waals surface area contributed by atoms with Crippen molar-refractivity contribution < 1.29 is 5.11 Å². The fraction of sp³-hybridized carbons (Fsp3) is 0.467. The number of hydrogen-bond donors (Lipinski definition) is 2. The Bertz CT molecular complexity index is 537. The highest BCUT2D eigenvalue weighted by Gasteiger charge is 2.24. The van der Waals surface area contributed by atoms with Crippen LogP contribution >= 0.6 is 11.3 Å². The number of rotatable bonds is 6. The molecule has 0 spiro atoms. The topological polar surface area (TPSA) is 58.0 Å². The molecule has 2 aromatic rings. The van der Waals surface area contributed by atoms with Crippen LogP contribution < -0.4 is 5.32 Å². The summed E-state index contributed by atoms with van der Waals surface area (Å²) in [6, 6.07) is 5.81. The van der Waals surface area contributed by atoms with Gasteiger partial charge < -0.3 is 10.4 Å². The summed E-state index contributed by atoms with van der Waals surface area (Å²) in [5, 5.41) is 16.4. The largest absolute Gasteiger partial charge is 0.389 e.